The highest BCUT2D eigenvalue weighted by Gasteiger charge is 2.49. The maximum atomic E-state index is 12.0. The molecule has 1 aromatic rings. The molecule has 1 amide bonds. The zero-order valence-corrected chi connectivity index (χ0v) is 15.0. The summed E-state index contributed by atoms with van der Waals surface area (Å²) in [6.07, 6.45) is 0. The first kappa shape index (κ1) is 17.2. The molecule has 3 rings (SSSR count). The topological polar surface area (TPSA) is 85.3 Å². The largest absolute Gasteiger partial charge is 0.495 e. The van der Waals surface area contributed by atoms with E-state index >= 15 is 0 Å². The lowest BCUT2D eigenvalue weighted by Gasteiger charge is -2.26. The molecule has 2 unspecified atom stereocenters. The van der Waals surface area contributed by atoms with Gasteiger partial charge in [0.1, 0.15) is 12.4 Å². The van der Waals surface area contributed by atoms with E-state index in [0.29, 0.717) is 16.6 Å². The second kappa shape index (κ2) is 6.73. The van der Waals surface area contributed by atoms with Crippen molar-refractivity contribution in [3.05, 3.63) is 24.3 Å². The Kier molecular flexibility index (Phi) is 4.84. The van der Waals surface area contributed by atoms with E-state index in [0.717, 1.165) is 0 Å². The summed E-state index contributed by atoms with van der Waals surface area (Å²) in [5, 5.41) is 0.348. The molecule has 0 N–H and O–H groups in total. The Labute approximate surface area is 144 Å². The number of para-hydroxylation sites is 2. The van der Waals surface area contributed by atoms with E-state index in [9.17, 15) is 13.2 Å². The molecule has 1 aromatic carbocycles. The molecule has 7 nitrogen and oxygen atoms in total. The molecule has 0 aliphatic carbocycles. The number of carbonyl (C=O) groups is 1. The van der Waals surface area contributed by atoms with Crippen LogP contribution < -0.4 is 9.64 Å². The molecule has 0 spiro atoms. The van der Waals surface area contributed by atoms with Crippen LogP contribution in [0.5, 0.6) is 5.75 Å². The van der Waals surface area contributed by atoms with Gasteiger partial charge < -0.3 is 14.4 Å². The van der Waals surface area contributed by atoms with Gasteiger partial charge in [0.15, 0.2) is 15.0 Å². The number of rotatable bonds is 4. The predicted octanol–water partition coefficient (Wildman–Crippen LogP) is 0.943. The van der Waals surface area contributed by atoms with Crippen LogP contribution in [0.3, 0.4) is 0 Å². The summed E-state index contributed by atoms with van der Waals surface area (Å²) >= 11 is 1.32. The number of benzene rings is 1. The number of hydrogen-bond acceptors (Lipinski definition) is 6. The lowest BCUT2D eigenvalue weighted by Crippen LogP contribution is -2.38. The molecular weight excluding hydrogens is 352 g/mol. The fraction of sp³-hybridized carbons (Fsp3) is 0.467. The molecule has 0 radical (unpaired) electrons. The number of methoxy groups -OCH3 is 2. The molecule has 2 saturated heterocycles. The maximum Gasteiger partial charge on any atom is 0.274 e. The molecule has 2 atom stereocenters. The number of amidine groups is 1. The van der Waals surface area contributed by atoms with Gasteiger partial charge in [-0.15, -0.1) is 0 Å². The van der Waals surface area contributed by atoms with Crippen molar-refractivity contribution in [1.82, 2.24) is 0 Å². The average Bonchev–Trinajstić information content (AvgIpc) is 2.98. The SMILES string of the molecule is COCC(=O)N=C1SC2CS(=O)(=O)CC2N1c1ccccc1OC. The number of ether oxygens (including phenoxy) is 2. The van der Waals surface area contributed by atoms with Crippen molar-refractivity contribution < 1.29 is 22.7 Å². The highest BCUT2D eigenvalue weighted by Crippen LogP contribution is 2.43. The van der Waals surface area contributed by atoms with E-state index in [1.165, 1.54) is 18.9 Å². The first-order valence-corrected chi connectivity index (χ1v) is 10.0. The number of thioether (sulfide) groups is 1. The molecule has 0 bridgehead atoms. The predicted molar refractivity (Wildman–Crippen MR) is 93.6 cm³/mol. The quantitative estimate of drug-likeness (QED) is 0.780. The van der Waals surface area contributed by atoms with Crippen LogP contribution in [0.4, 0.5) is 5.69 Å². The summed E-state index contributed by atoms with van der Waals surface area (Å²) in [5.74, 6) is 0.337. The van der Waals surface area contributed by atoms with Crippen LogP contribution in [0.2, 0.25) is 0 Å². The van der Waals surface area contributed by atoms with Gasteiger partial charge in [0.25, 0.3) is 5.91 Å². The highest BCUT2D eigenvalue weighted by molar-refractivity contribution is 8.16. The minimum Gasteiger partial charge on any atom is -0.495 e. The van der Waals surface area contributed by atoms with E-state index in [4.69, 9.17) is 9.47 Å². The first-order valence-electron chi connectivity index (χ1n) is 7.35. The zero-order chi connectivity index (χ0) is 17.3. The number of hydrogen-bond donors (Lipinski definition) is 0. The molecule has 2 heterocycles. The van der Waals surface area contributed by atoms with Crippen molar-refractivity contribution in [3.63, 3.8) is 0 Å². The number of carbonyl (C=O) groups excluding carboxylic acids is 1. The molecule has 9 heteroatoms. The zero-order valence-electron chi connectivity index (χ0n) is 13.3. The average molecular weight is 370 g/mol. The summed E-state index contributed by atoms with van der Waals surface area (Å²) in [7, 11) is -0.113. The molecule has 130 valence electrons. The monoisotopic (exact) mass is 370 g/mol. The normalized spacial score (nSPS) is 26.6. The second-order valence-corrected chi connectivity index (χ2v) is 8.92. The van der Waals surface area contributed by atoms with Gasteiger partial charge in [-0.2, -0.15) is 4.99 Å². The Balaban J connectivity index is 2.03. The Hall–Kier alpha value is -1.58. The standard InChI is InChI=1S/C15H18N2O5S2/c1-21-7-14(18)16-15-17(10-5-3-4-6-12(10)22-2)11-8-24(19,20)9-13(11)23-15/h3-6,11,13H,7-9H2,1-2H3. The number of nitrogens with zero attached hydrogens (tertiary/aromatic N) is 2. The Morgan fingerprint density at radius 2 is 2.08 bits per heavy atom. The highest BCUT2D eigenvalue weighted by atomic mass is 32.2. The molecule has 2 aliphatic heterocycles. The van der Waals surface area contributed by atoms with Crippen LogP contribution in [0.1, 0.15) is 0 Å². The minimum atomic E-state index is -3.10. The van der Waals surface area contributed by atoms with Gasteiger partial charge in [-0.25, -0.2) is 8.42 Å². The Morgan fingerprint density at radius 1 is 1.33 bits per heavy atom. The number of fused-ring (bicyclic) bond motifs is 1. The fourth-order valence-corrected chi connectivity index (χ4v) is 6.86. The minimum absolute atomic E-state index is 0.0419. The van der Waals surface area contributed by atoms with Crippen LogP contribution in [0.25, 0.3) is 0 Å². The third-order valence-corrected chi connectivity index (χ3v) is 7.11. The Morgan fingerprint density at radius 3 is 2.79 bits per heavy atom. The number of aliphatic imine (C=N–C) groups is 1. The van der Waals surface area contributed by atoms with Gasteiger partial charge in [-0.3, -0.25) is 4.79 Å². The van der Waals surface area contributed by atoms with Gasteiger partial charge in [0.05, 0.1) is 30.3 Å². The number of anilines is 1. The molecule has 2 aliphatic rings. The van der Waals surface area contributed by atoms with Crippen molar-refractivity contribution in [2.75, 3.05) is 37.2 Å². The summed E-state index contributed by atoms with van der Waals surface area (Å²) < 4.78 is 34.2. The van der Waals surface area contributed by atoms with E-state index in [1.807, 2.05) is 23.1 Å². The first-order chi connectivity index (χ1) is 11.4. The van der Waals surface area contributed by atoms with Crippen molar-refractivity contribution in [2.45, 2.75) is 11.3 Å². The molecule has 2 fully saturated rings. The van der Waals surface area contributed by atoms with Crippen molar-refractivity contribution in [3.8, 4) is 5.75 Å². The lowest BCUT2D eigenvalue weighted by atomic mass is 10.2. The van der Waals surface area contributed by atoms with E-state index in [-0.39, 0.29) is 29.4 Å². The van der Waals surface area contributed by atoms with Crippen LogP contribution in [-0.2, 0) is 19.4 Å². The molecule has 24 heavy (non-hydrogen) atoms. The summed E-state index contributed by atoms with van der Waals surface area (Å²) in [6, 6.07) is 7.05. The van der Waals surface area contributed by atoms with Crippen LogP contribution in [0, 0.1) is 0 Å². The molecule has 0 aromatic heterocycles. The van der Waals surface area contributed by atoms with E-state index in [2.05, 4.69) is 4.99 Å². The summed E-state index contributed by atoms with van der Waals surface area (Å²) in [6.45, 7) is -0.114. The number of amides is 1. The van der Waals surface area contributed by atoms with Crippen molar-refractivity contribution >= 4 is 38.4 Å². The molecular formula is C15H18N2O5S2. The van der Waals surface area contributed by atoms with Gasteiger partial charge in [0.2, 0.25) is 0 Å². The summed E-state index contributed by atoms with van der Waals surface area (Å²) in [4.78, 5) is 17.8. The van der Waals surface area contributed by atoms with Gasteiger partial charge in [0, 0.05) is 12.4 Å². The van der Waals surface area contributed by atoms with Gasteiger partial charge >= 0.3 is 0 Å². The summed E-state index contributed by atoms with van der Waals surface area (Å²) in [5.41, 5.74) is 0.709. The second-order valence-electron chi connectivity index (χ2n) is 5.56. The van der Waals surface area contributed by atoms with Crippen LogP contribution in [0.15, 0.2) is 29.3 Å². The van der Waals surface area contributed by atoms with Crippen LogP contribution >= 0.6 is 11.8 Å². The lowest BCUT2D eigenvalue weighted by molar-refractivity contribution is -0.121. The van der Waals surface area contributed by atoms with E-state index in [1.54, 1.807) is 13.2 Å². The third-order valence-electron chi connectivity index (χ3n) is 3.90. The van der Waals surface area contributed by atoms with Gasteiger partial charge in [-0.1, -0.05) is 23.9 Å². The number of sulfone groups is 1. The van der Waals surface area contributed by atoms with Gasteiger partial charge in [-0.05, 0) is 12.1 Å². The fourth-order valence-electron chi connectivity index (χ4n) is 2.94. The van der Waals surface area contributed by atoms with Crippen LogP contribution in [-0.4, -0.2) is 63.1 Å². The third kappa shape index (κ3) is 3.28. The Bertz CT molecular complexity index is 778. The van der Waals surface area contributed by atoms with Crippen molar-refractivity contribution in [1.29, 1.82) is 0 Å². The van der Waals surface area contributed by atoms with Crippen molar-refractivity contribution in [2.24, 2.45) is 4.99 Å². The van der Waals surface area contributed by atoms with E-state index < -0.39 is 15.7 Å². The molecule has 0 saturated carbocycles. The smallest absolute Gasteiger partial charge is 0.274 e. The maximum absolute atomic E-state index is 12.0.